The number of aryl methyl sites for hydroxylation is 2. The molecule has 1 aromatic heterocycles. The molecule has 1 heterocycles. The SMILES string of the molecule is Cc1ccc(C)c(N=Cc2cc([N+](=O)[O-])ccc2O)n1. The van der Waals surface area contributed by atoms with Crippen molar-refractivity contribution in [2.45, 2.75) is 13.8 Å². The number of non-ortho nitro benzene ring substituents is 1. The van der Waals surface area contributed by atoms with Crippen molar-refractivity contribution in [2.24, 2.45) is 4.99 Å². The molecular formula is C14H13N3O3. The fraction of sp³-hybridized carbons (Fsp3) is 0.143. The Morgan fingerprint density at radius 3 is 2.75 bits per heavy atom. The number of rotatable bonds is 3. The number of phenolic OH excluding ortho intramolecular Hbond substituents is 1. The zero-order chi connectivity index (χ0) is 14.7. The van der Waals surface area contributed by atoms with E-state index in [1.54, 1.807) is 0 Å². The fourth-order valence-electron chi connectivity index (χ4n) is 1.63. The van der Waals surface area contributed by atoms with Crippen LogP contribution in [0, 0.1) is 24.0 Å². The highest BCUT2D eigenvalue weighted by atomic mass is 16.6. The zero-order valence-electron chi connectivity index (χ0n) is 11.1. The summed E-state index contributed by atoms with van der Waals surface area (Å²) in [5.74, 6) is 0.459. The largest absolute Gasteiger partial charge is 0.507 e. The standard InChI is InChI=1S/C14H13N3O3/c1-9-3-4-10(2)16-14(9)15-8-11-7-12(17(19)20)5-6-13(11)18/h3-8,18H,1-2H3. The molecule has 0 amide bonds. The molecular weight excluding hydrogens is 258 g/mol. The molecule has 2 rings (SSSR count). The summed E-state index contributed by atoms with van der Waals surface area (Å²) in [7, 11) is 0. The average Bonchev–Trinajstić information content (AvgIpc) is 2.41. The molecule has 102 valence electrons. The van der Waals surface area contributed by atoms with Crippen molar-refractivity contribution in [1.82, 2.24) is 4.98 Å². The molecule has 20 heavy (non-hydrogen) atoms. The number of benzene rings is 1. The highest BCUT2D eigenvalue weighted by Crippen LogP contribution is 2.22. The lowest BCUT2D eigenvalue weighted by atomic mass is 10.2. The molecule has 2 aromatic rings. The van der Waals surface area contributed by atoms with Crippen LogP contribution in [-0.4, -0.2) is 21.2 Å². The normalized spacial score (nSPS) is 10.9. The van der Waals surface area contributed by atoms with Crippen molar-refractivity contribution in [3.05, 3.63) is 57.3 Å². The number of aromatic nitrogens is 1. The number of nitro groups is 1. The van der Waals surface area contributed by atoms with Crippen LogP contribution in [0.15, 0.2) is 35.3 Å². The van der Waals surface area contributed by atoms with E-state index in [0.717, 1.165) is 11.3 Å². The summed E-state index contributed by atoms with van der Waals surface area (Å²) in [5.41, 5.74) is 1.89. The molecule has 0 unspecified atom stereocenters. The lowest BCUT2D eigenvalue weighted by molar-refractivity contribution is -0.384. The van der Waals surface area contributed by atoms with Crippen LogP contribution in [0.25, 0.3) is 0 Å². The van der Waals surface area contributed by atoms with Gasteiger partial charge in [-0.05, 0) is 31.5 Å². The Labute approximate surface area is 115 Å². The second kappa shape index (κ2) is 5.48. The van der Waals surface area contributed by atoms with Gasteiger partial charge < -0.3 is 5.11 Å². The van der Waals surface area contributed by atoms with Gasteiger partial charge in [0.1, 0.15) is 5.75 Å². The topological polar surface area (TPSA) is 88.6 Å². The van der Waals surface area contributed by atoms with Gasteiger partial charge in [0.25, 0.3) is 5.69 Å². The van der Waals surface area contributed by atoms with Crippen molar-refractivity contribution in [3.8, 4) is 5.75 Å². The smallest absolute Gasteiger partial charge is 0.270 e. The minimum Gasteiger partial charge on any atom is -0.507 e. The first-order valence-electron chi connectivity index (χ1n) is 5.93. The third-order valence-corrected chi connectivity index (χ3v) is 2.76. The van der Waals surface area contributed by atoms with Crippen LogP contribution in [0.1, 0.15) is 16.8 Å². The number of nitrogens with zero attached hydrogens (tertiary/aromatic N) is 3. The maximum absolute atomic E-state index is 10.7. The molecule has 0 saturated carbocycles. The van der Waals surface area contributed by atoms with E-state index >= 15 is 0 Å². The first-order valence-corrected chi connectivity index (χ1v) is 5.93. The third-order valence-electron chi connectivity index (χ3n) is 2.76. The summed E-state index contributed by atoms with van der Waals surface area (Å²) < 4.78 is 0. The van der Waals surface area contributed by atoms with E-state index in [9.17, 15) is 15.2 Å². The predicted octanol–water partition coefficient (Wildman–Crippen LogP) is 3.06. The lowest BCUT2D eigenvalue weighted by Crippen LogP contribution is -1.91. The molecule has 1 N–H and O–H groups in total. The number of nitro benzene ring substituents is 1. The van der Waals surface area contributed by atoms with Crippen LogP contribution in [0.3, 0.4) is 0 Å². The fourth-order valence-corrected chi connectivity index (χ4v) is 1.63. The third kappa shape index (κ3) is 2.97. The van der Waals surface area contributed by atoms with Crippen molar-refractivity contribution in [3.63, 3.8) is 0 Å². The van der Waals surface area contributed by atoms with Gasteiger partial charge in [-0.15, -0.1) is 0 Å². The van der Waals surface area contributed by atoms with Gasteiger partial charge in [0.2, 0.25) is 0 Å². The summed E-state index contributed by atoms with van der Waals surface area (Å²) in [5, 5.41) is 20.4. The Hall–Kier alpha value is -2.76. The molecule has 6 nitrogen and oxygen atoms in total. The van der Waals surface area contributed by atoms with Gasteiger partial charge >= 0.3 is 0 Å². The second-order valence-corrected chi connectivity index (χ2v) is 4.35. The Bertz CT molecular complexity index is 696. The highest BCUT2D eigenvalue weighted by Gasteiger charge is 2.09. The minimum absolute atomic E-state index is 0.0651. The maximum Gasteiger partial charge on any atom is 0.270 e. The van der Waals surface area contributed by atoms with Gasteiger partial charge in [-0.3, -0.25) is 10.1 Å². The van der Waals surface area contributed by atoms with Gasteiger partial charge in [0, 0.05) is 29.6 Å². The van der Waals surface area contributed by atoms with Crippen LogP contribution in [0.2, 0.25) is 0 Å². The summed E-state index contributed by atoms with van der Waals surface area (Å²) in [6, 6.07) is 7.55. The summed E-state index contributed by atoms with van der Waals surface area (Å²) in [6.07, 6.45) is 1.37. The monoisotopic (exact) mass is 271 g/mol. The van der Waals surface area contributed by atoms with Gasteiger partial charge in [-0.25, -0.2) is 9.98 Å². The highest BCUT2D eigenvalue weighted by molar-refractivity contribution is 5.86. The van der Waals surface area contributed by atoms with E-state index in [0.29, 0.717) is 5.82 Å². The quantitative estimate of drug-likeness (QED) is 0.528. The average molecular weight is 271 g/mol. The molecule has 0 aliphatic heterocycles. The van der Waals surface area contributed by atoms with E-state index in [-0.39, 0.29) is 17.0 Å². The number of hydrogen-bond acceptors (Lipinski definition) is 5. The van der Waals surface area contributed by atoms with Crippen molar-refractivity contribution in [1.29, 1.82) is 0 Å². The van der Waals surface area contributed by atoms with E-state index in [1.807, 2.05) is 26.0 Å². The Balaban J connectivity index is 2.38. The molecule has 1 aromatic carbocycles. The number of aliphatic imine (C=N–C) groups is 1. The van der Waals surface area contributed by atoms with Crippen molar-refractivity contribution < 1.29 is 10.0 Å². The van der Waals surface area contributed by atoms with Crippen molar-refractivity contribution in [2.75, 3.05) is 0 Å². The first-order chi connectivity index (χ1) is 9.47. The first kappa shape index (κ1) is 13.7. The molecule has 0 spiro atoms. The minimum atomic E-state index is -0.521. The number of hydrogen-bond donors (Lipinski definition) is 1. The Morgan fingerprint density at radius 1 is 1.30 bits per heavy atom. The van der Waals surface area contributed by atoms with E-state index in [4.69, 9.17) is 0 Å². The van der Waals surface area contributed by atoms with Gasteiger partial charge in [-0.2, -0.15) is 0 Å². The Kier molecular flexibility index (Phi) is 3.74. The maximum atomic E-state index is 10.7. The molecule has 0 radical (unpaired) electrons. The van der Waals surface area contributed by atoms with Gasteiger partial charge in [-0.1, -0.05) is 6.07 Å². The number of aromatic hydroxyl groups is 1. The lowest BCUT2D eigenvalue weighted by Gasteiger charge is -2.01. The molecule has 0 fully saturated rings. The van der Waals surface area contributed by atoms with Gasteiger partial charge in [0.15, 0.2) is 5.82 Å². The number of phenols is 1. The number of pyridine rings is 1. The molecule has 0 aliphatic rings. The zero-order valence-corrected chi connectivity index (χ0v) is 11.1. The van der Waals surface area contributed by atoms with E-state index in [2.05, 4.69) is 9.98 Å². The van der Waals surface area contributed by atoms with Crippen LogP contribution in [-0.2, 0) is 0 Å². The molecule has 6 heteroatoms. The van der Waals surface area contributed by atoms with E-state index in [1.165, 1.54) is 24.4 Å². The van der Waals surface area contributed by atoms with E-state index < -0.39 is 4.92 Å². The molecule has 0 bridgehead atoms. The van der Waals surface area contributed by atoms with Gasteiger partial charge in [0.05, 0.1) is 4.92 Å². The second-order valence-electron chi connectivity index (χ2n) is 4.35. The molecule has 0 atom stereocenters. The summed E-state index contributed by atoms with van der Waals surface area (Å²) in [4.78, 5) is 18.6. The Morgan fingerprint density at radius 2 is 2.05 bits per heavy atom. The van der Waals surface area contributed by atoms with Crippen molar-refractivity contribution >= 4 is 17.7 Å². The molecule has 0 saturated heterocycles. The predicted molar refractivity (Wildman–Crippen MR) is 75.7 cm³/mol. The summed E-state index contributed by atoms with van der Waals surface area (Å²) >= 11 is 0. The van der Waals surface area contributed by atoms with Crippen LogP contribution < -0.4 is 0 Å². The van der Waals surface area contributed by atoms with Crippen LogP contribution >= 0.6 is 0 Å². The summed E-state index contributed by atoms with van der Waals surface area (Å²) in [6.45, 7) is 3.72. The van der Waals surface area contributed by atoms with Crippen LogP contribution in [0.5, 0.6) is 5.75 Å². The molecule has 0 aliphatic carbocycles. The van der Waals surface area contributed by atoms with Crippen LogP contribution in [0.4, 0.5) is 11.5 Å².